The fourth-order valence-electron chi connectivity index (χ4n) is 2.45. The van der Waals surface area contributed by atoms with Gasteiger partial charge in [0.25, 0.3) is 10.0 Å². The second kappa shape index (κ2) is 7.26. The Morgan fingerprint density at radius 1 is 1.19 bits per heavy atom. The highest BCUT2D eigenvalue weighted by Gasteiger charge is 2.17. The van der Waals surface area contributed by atoms with Gasteiger partial charge in [0.1, 0.15) is 5.82 Å². The van der Waals surface area contributed by atoms with E-state index in [1.54, 1.807) is 12.1 Å². The van der Waals surface area contributed by atoms with Gasteiger partial charge >= 0.3 is 0 Å². The van der Waals surface area contributed by atoms with Crippen LogP contribution in [0.2, 0.25) is 0 Å². The monoisotopic (exact) mass is 398 g/mol. The van der Waals surface area contributed by atoms with Crippen LogP contribution in [0.15, 0.2) is 45.7 Å². The van der Waals surface area contributed by atoms with Crippen molar-refractivity contribution in [3.05, 3.63) is 58.4 Å². The lowest BCUT2D eigenvalue weighted by molar-refractivity contribution is 0.187. The minimum Gasteiger partial charge on any atom is -0.383 e. The maximum Gasteiger partial charge on any atom is 0.285 e. The average molecular weight is 398 g/mol. The maximum atomic E-state index is 14.3. The van der Waals surface area contributed by atoms with Gasteiger partial charge in [-0.05, 0) is 25.1 Å². The Labute approximate surface area is 153 Å². The Balaban J connectivity index is 2.24. The Hall–Kier alpha value is -2.10. The van der Waals surface area contributed by atoms with Crippen LogP contribution < -0.4 is 4.80 Å². The summed E-state index contributed by atoms with van der Waals surface area (Å²) < 4.78 is 63.5. The van der Waals surface area contributed by atoms with Gasteiger partial charge in [-0.3, -0.25) is 0 Å². The second-order valence-electron chi connectivity index (χ2n) is 5.64. The number of hydrogen-bond acceptors (Lipinski definition) is 4. The third-order valence-electron chi connectivity index (χ3n) is 3.73. The van der Waals surface area contributed by atoms with Crippen molar-refractivity contribution in [2.24, 2.45) is 4.40 Å². The standard InChI is InChI=1S/C17H16F2N2O3S2/c1-11-3-5-13(6-4-11)26(22,23)20-17-21(7-8-24-2)16-14(19)9-12(18)10-15(16)25-17/h3-6,9-10H,7-8H2,1-2H3/b20-17-. The third-order valence-corrected chi connectivity index (χ3v) is 6.15. The number of nitrogens with zero attached hydrogens (tertiary/aromatic N) is 2. The third kappa shape index (κ3) is 3.69. The minimum atomic E-state index is -3.99. The second-order valence-corrected chi connectivity index (χ2v) is 8.26. The van der Waals surface area contributed by atoms with Gasteiger partial charge in [-0.1, -0.05) is 29.0 Å². The quantitative estimate of drug-likeness (QED) is 0.663. The first kappa shape index (κ1) is 18.7. The van der Waals surface area contributed by atoms with Crippen LogP contribution in [0.3, 0.4) is 0 Å². The molecule has 0 amide bonds. The number of benzene rings is 2. The molecule has 1 aromatic heterocycles. The van der Waals surface area contributed by atoms with Crippen LogP contribution in [0.25, 0.3) is 10.2 Å². The predicted molar refractivity (Wildman–Crippen MR) is 95.5 cm³/mol. The highest BCUT2D eigenvalue weighted by molar-refractivity contribution is 7.90. The molecule has 138 valence electrons. The molecule has 9 heteroatoms. The number of fused-ring (bicyclic) bond motifs is 1. The van der Waals surface area contributed by atoms with E-state index in [4.69, 9.17) is 4.74 Å². The number of rotatable bonds is 5. The summed E-state index contributed by atoms with van der Waals surface area (Å²) in [7, 11) is -2.51. The molecule has 2 aromatic carbocycles. The van der Waals surface area contributed by atoms with Crippen LogP contribution in [0.5, 0.6) is 0 Å². The molecule has 5 nitrogen and oxygen atoms in total. The summed E-state index contributed by atoms with van der Waals surface area (Å²) in [4.78, 5) is 0.0904. The minimum absolute atomic E-state index is 0.0329. The van der Waals surface area contributed by atoms with Gasteiger partial charge in [0.05, 0.1) is 21.7 Å². The molecule has 0 atom stereocenters. The number of aromatic nitrogens is 1. The first-order valence-corrected chi connectivity index (χ1v) is 9.92. The Bertz CT molecular complexity index is 1120. The van der Waals surface area contributed by atoms with E-state index in [9.17, 15) is 17.2 Å². The number of hydrogen-bond donors (Lipinski definition) is 0. The van der Waals surface area contributed by atoms with E-state index in [-0.39, 0.29) is 33.1 Å². The fraction of sp³-hybridized carbons (Fsp3) is 0.235. The van der Waals surface area contributed by atoms with Crippen molar-refractivity contribution in [1.82, 2.24) is 4.57 Å². The summed E-state index contributed by atoms with van der Waals surface area (Å²) in [6.45, 7) is 2.25. The van der Waals surface area contributed by atoms with Crippen molar-refractivity contribution in [2.75, 3.05) is 13.7 Å². The van der Waals surface area contributed by atoms with Gasteiger partial charge in [-0.25, -0.2) is 8.78 Å². The molecular weight excluding hydrogens is 382 g/mol. The van der Waals surface area contributed by atoms with Crippen LogP contribution in [-0.2, 0) is 21.3 Å². The van der Waals surface area contributed by atoms with Gasteiger partial charge in [0, 0.05) is 19.7 Å². The van der Waals surface area contributed by atoms with Crippen molar-refractivity contribution >= 4 is 31.6 Å². The van der Waals surface area contributed by atoms with E-state index in [1.807, 2.05) is 6.92 Å². The zero-order valence-corrected chi connectivity index (χ0v) is 15.7. The van der Waals surface area contributed by atoms with Crippen LogP contribution >= 0.6 is 11.3 Å². The zero-order chi connectivity index (χ0) is 18.9. The van der Waals surface area contributed by atoms with Crippen molar-refractivity contribution in [3.8, 4) is 0 Å². The fourth-order valence-corrected chi connectivity index (χ4v) is 4.75. The number of ether oxygens (including phenoxy) is 1. The van der Waals surface area contributed by atoms with Crippen LogP contribution in [0.1, 0.15) is 5.56 Å². The van der Waals surface area contributed by atoms with Crippen LogP contribution in [-0.4, -0.2) is 26.7 Å². The zero-order valence-electron chi connectivity index (χ0n) is 14.1. The van der Waals surface area contributed by atoms with Crippen LogP contribution in [0, 0.1) is 18.6 Å². The molecule has 0 spiro atoms. The highest BCUT2D eigenvalue weighted by atomic mass is 32.2. The van der Waals surface area contributed by atoms with E-state index < -0.39 is 21.7 Å². The number of thiazole rings is 1. The first-order valence-electron chi connectivity index (χ1n) is 7.67. The summed E-state index contributed by atoms with van der Waals surface area (Å²) >= 11 is 0.909. The molecule has 1 heterocycles. The van der Waals surface area contributed by atoms with Crippen molar-refractivity contribution in [1.29, 1.82) is 0 Å². The lowest BCUT2D eigenvalue weighted by atomic mass is 10.2. The highest BCUT2D eigenvalue weighted by Crippen LogP contribution is 2.23. The molecule has 0 N–H and O–H groups in total. The molecule has 0 fully saturated rings. The molecule has 0 aliphatic carbocycles. The molecule has 3 aromatic rings. The smallest absolute Gasteiger partial charge is 0.285 e. The summed E-state index contributed by atoms with van der Waals surface area (Å²) in [5.41, 5.74) is 1.02. The largest absolute Gasteiger partial charge is 0.383 e. The number of methoxy groups -OCH3 is 1. The topological polar surface area (TPSA) is 60.7 Å². The van der Waals surface area contributed by atoms with Crippen molar-refractivity contribution in [2.45, 2.75) is 18.4 Å². The molecule has 0 aliphatic rings. The van der Waals surface area contributed by atoms with Gasteiger partial charge in [-0.15, -0.1) is 4.40 Å². The molecule has 0 bridgehead atoms. The predicted octanol–water partition coefficient (Wildman–Crippen LogP) is 3.23. The Kier molecular flexibility index (Phi) is 5.22. The van der Waals surface area contributed by atoms with Gasteiger partial charge < -0.3 is 9.30 Å². The summed E-state index contributed by atoms with van der Waals surface area (Å²) in [6, 6.07) is 8.17. The number of halogens is 2. The van der Waals surface area contributed by atoms with Crippen molar-refractivity contribution in [3.63, 3.8) is 0 Å². The van der Waals surface area contributed by atoms with E-state index in [0.717, 1.165) is 29.0 Å². The molecule has 26 heavy (non-hydrogen) atoms. The van der Waals surface area contributed by atoms with Crippen LogP contribution in [0.4, 0.5) is 8.78 Å². The lowest BCUT2D eigenvalue weighted by Crippen LogP contribution is -2.20. The summed E-state index contributed by atoms with van der Waals surface area (Å²) in [5, 5.41) is 0. The molecular formula is C17H16F2N2O3S2. The molecule has 0 aliphatic heterocycles. The van der Waals surface area contributed by atoms with Gasteiger partial charge in [0.2, 0.25) is 4.80 Å². The van der Waals surface area contributed by atoms with E-state index in [1.165, 1.54) is 23.8 Å². The maximum absolute atomic E-state index is 14.3. The van der Waals surface area contributed by atoms with E-state index in [2.05, 4.69) is 4.40 Å². The molecule has 0 saturated carbocycles. The summed E-state index contributed by atoms with van der Waals surface area (Å²) in [5.74, 6) is -1.51. The lowest BCUT2D eigenvalue weighted by Gasteiger charge is -2.05. The van der Waals surface area contributed by atoms with E-state index >= 15 is 0 Å². The average Bonchev–Trinajstić information content (AvgIpc) is 2.89. The number of aryl methyl sites for hydroxylation is 1. The first-order chi connectivity index (χ1) is 12.3. The van der Waals surface area contributed by atoms with Crippen molar-refractivity contribution < 1.29 is 21.9 Å². The summed E-state index contributed by atoms with van der Waals surface area (Å²) in [6.07, 6.45) is 0. The SMILES string of the molecule is COCCn1/c(=N/S(=O)(=O)c2ccc(C)cc2)sc2cc(F)cc(F)c21. The molecule has 3 rings (SSSR count). The molecule has 0 radical (unpaired) electrons. The van der Waals surface area contributed by atoms with Gasteiger partial charge in [-0.2, -0.15) is 8.42 Å². The molecule has 0 saturated heterocycles. The van der Waals surface area contributed by atoms with Gasteiger partial charge in [0.15, 0.2) is 5.82 Å². The molecule has 0 unspecified atom stereocenters. The Morgan fingerprint density at radius 3 is 2.54 bits per heavy atom. The number of sulfonamides is 1. The normalized spacial score (nSPS) is 12.8. The van der Waals surface area contributed by atoms with E-state index in [0.29, 0.717) is 0 Å². The Morgan fingerprint density at radius 2 is 1.88 bits per heavy atom.